The summed E-state index contributed by atoms with van der Waals surface area (Å²) in [6, 6.07) is 12.8. The maximum Gasteiger partial charge on any atom is 0.411 e. The molecule has 1 amide bonds. The summed E-state index contributed by atoms with van der Waals surface area (Å²) in [4.78, 5) is 17.8. The smallest absolute Gasteiger partial charge is 0.411 e. The Morgan fingerprint density at radius 1 is 1.16 bits per heavy atom. The molecule has 7 nitrogen and oxygen atoms in total. The zero-order valence-corrected chi connectivity index (χ0v) is 20.4. The quantitative estimate of drug-likeness (QED) is 0.415. The van der Waals surface area contributed by atoms with Crippen molar-refractivity contribution in [2.75, 3.05) is 11.1 Å². The van der Waals surface area contributed by atoms with Gasteiger partial charge in [-0.15, -0.1) is 11.3 Å². The first-order valence-corrected chi connectivity index (χ1v) is 12.1. The number of amides is 1. The molecule has 2 aromatic carbocycles. The van der Waals surface area contributed by atoms with Gasteiger partial charge in [0.2, 0.25) is 0 Å². The molecule has 0 saturated carbocycles. The number of ether oxygens (including phenoxy) is 1. The number of nitrogens with two attached hydrogens (primary N) is 1. The van der Waals surface area contributed by atoms with Crippen LogP contribution in [-0.4, -0.2) is 26.9 Å². The molecule has 4 N–H and O–H groups in total. The molecule has 0 radical (unpaired) electrons. The van der Waals surface area contributed by atoms with Gasteiger partial charge in [-0.1, -0.05) is 6.07 Å². The number of aromatic nitrogens is 1. The second-order valence-corrected chi connectivity index (χ2v) is 10.8. The Bertz CT molecular complexity index is 1120. The van der Waals surface area contributed by atoms with Crippen molar-refractivity contribution >= 4 is 39.8 Å². The number of rotatable bonds is 6. The number of anilines is 2. The molecule has 0 aliphatic heterocycles. The highest BCUT2D eigenvalue weighted by molar-refractivity contribution is 7.83. The van der Waals surface area contributed by atoms with Crippen molar-refractivity contribution in [1.82, 2.24) is 9.71 Å². The van der Waals surface area contributed by atoms with Gasteiger partial charge in [0.05, 0.1) is 15.9 Å². The number of nitrogens with one attached hydrogen (secondary N) is 2. The van der Waals surface area contributed by atoms with Crippen molar-refractivity contribution in [2.24, 2.45) is 0 Å². The highest BCUT2D eigenvalue weighted by Gasteiger charge is 2.20. The number of thiazole rings is 1. The first kappa shape index (κ1) is 23.9. The first-order chi connectivity index (χ1) is 15.0. The number of nitrogens with zero attached hydrogens (tertiary/aromatic N) is 1. The van der Waals surface area contributed by atoms with Crippen molar-refractivity contribution in [3.05, 3.63) is 48.7 Å². The normalized spacial score (nSPS) is 12.6. The minimum Gasteiger partial charge on any atom is -0.447 e. The van der Waals surface area contributed by atoms with Crippen LogP contribution in [0.3, 0.4) is 0 Å². The van der Waals surface area contributed by atoms with Gasteiger partial charge in [0.15, 0.2) is 0 Å². The summed E-state index contributed by atoms with van der Waals surface area (Å²) in [7, 11) is -1.43. The molecular weight excluding hydrogens is 444 g/mol. The Balaban J connectivity index is 1.83. The van der Waals surface area contributed by atoms with E-state index in [2.05, 4.69) is 15.0 Å². The zero-order valence-electron chi connectivity index (χ0n) is 18.8. The van der Waals surface area contributed by atoms with Gasteiger partial charge in [0, 0.05) is 34.2 Å². The van der Waals surface area contributed by atoms with Gasteiger partial charge < -0.3 is 10.5 Å². The highest BCUT2D eigenvalue weighted by atomic mass is 32.2. The van der Waals surface area contributed by atoms with Crippen molar-refractivity contribution in [1.29, 1.82) is 0 Å². The van der Waals surface area contributed by atoms with E-state index in [1.807, 2.05) is 39.0 Å². The summed E-state index contributed by atoms with van der Waals surface area (Å²) in [5.41, 5.74) is 8.58. The van der Waals surface area contributed by atoms with Crippen molar-refractivity contribution in [3.8, 4) is 21.0 Å². The molecule has 0 spiro atoms. The van der Waals surface area contributed by atoms with Crippen LogP contribution in [0.4, 0.5) is 16.2 Å². The number of carbonyl (C=O) groups excluding carboxylic acids is 1. The van der Waals surface area contributed by atoms with Crippen LogP contribution in [0.1, 0.15) is 34.6 Å². The molecule has 32 heavy (non-hydrogen) atoms. The lowest BCUT2D eigenvalue weighted by Crippen LogP contribution is -2.37. The fourth-order valence-electron chi connectivity index (χ4n) is 2.82. The van der Waals surface area contributed by atoms with E-state index >= 15 is 0 Å². The van der Waals surface area contributed by atoms with Crippen LogP contribution in [0.2, 0.25) is 0 Å². The number of carbonyl (C=O) groups is 1. The van der Waals surface area contributed by atoms with Crippen LogP contribution in [0.25, 0.3) is 21.0 Å². The monoisotopic (exact) mass is 472 g/mol. The lowest BCUT2D eigenvalue weighted by atomic mass is 10.1. The Morgan fingerprint density at radius 3 is 2.47 bits per heavy atom. The van der Waals surface area contributed by atoms with Gasteiger partial charge in [0.25, 0.3) is 0 Å². The summed E-state index contributed by atoms with van der Waals surface area (Å²) in [5, 5.41) is 3.51. The minimum absolute atomic E-state index is 0.186. The van der Waals surface area contributed by atoms with E-state index in [1.165, 1.54) is 11.3 Å². The average Bonchev–Trinajstić information content (AvgIpc) is 3.16. The van der Waals surface area contributed by atoms with E-state index in [1.54, 1.807) is 44.3 Å². The maximum atomic E-state index is 13.0. The van der Waals surface area contributed by atoms with Crippen molar-refractivity contribution in [2.45, 2.75) is 51.2 Å². The van der Waals surface area contributed by atoms with Crippen LogP contribution >= 0.6 is 11.3 Å². The van der Waals surface area contributed by atoms with Crippen LogP contribution < -0.4 is 15.8 Å². The lowest BCUT2D eigenvalue weighted by molar-refractivity contribution is 0.130. The van der Waals surface area contributed by atoms with E-state index in [4.69, 9.17) is 10.5 Å². The van der Waals surface area contributed by atoms with Crippen molar-refractivity contribution in [3.63, 3.8) is 0 Å². The van der Waals surface area contributed by atoms with Crippen molar-refractivity contribution < 1.29 is 13.7 Å². The molecule has 1 atom stereocenters. The van der Waals surface area contributed by atoms with Crippen LogP contribution in [0.15, 0.2) is 53.6 Å². The Kier molecular flexibility index (Phi) is 7.33. The minimum atomic E-state index is -1.43. The fourth-order valence-corrected chi connectivity index (χ4v) is 5.13. The second-order valence-electron chi connectivity index (χ2n) is 8.56. The molecule has 170 valence electrons. The number of hydrogen-bond acceptors (Lipinski definition) is 6. The summed E-state index contributed by atoms with van der Waals surface area (Å²) >= 11 is 1.50. The molecule has 0 aliphatic carbocycles. The molecule has 3 aromatic rings. The van der Waals surface area contributed by atoms with E-state index < -0.39 is 17.1 Å². The molecule has 0 aliphatic rings. The molecule has 9 heteroatoms. The third kappa shape index (κ3) is 6.38. The maximum absolute atomic E-state index is 13.0. The fraction of sp³-hybridized carbons (Fsp3) is 0.304. The molecule has 1 heterocycles. The summed E-state index contributed by atoms with van der Waals surface area (Å²) in [6.07, 6.45) is 1.10. The van der Waals surface area contributed by atoms with Gasteiger partial charge >= 0.3 is 6.09 Å². The second kappa shape index (κ2) is 9.81. The largest absolute Gasteiger partial charge is 0.447 e. The van der Waals surface area contributed by atoms with Crippen LogP contribution in [0.5, 0.6) is 0 Å². The predicted molar refractivity (Wildman–Crippen MR) is 132 cm³/mol. The first-order valence-electron chi connectivity index (χ1n) is 10.2. The van der Waals surface area contributed by atoms with E-state index in [9.17, 15) is 9.00 Å². The van der Waals surface area contributed by atoms with E-state index in [0.717, 1.165) is 21.0 Å². The van der Waals surface area contributed by atoms with Gasteiger partial charge in [0.1, 0.15) is 16.0 Å². The Hall–Kier alpha value is -2.75. The summed E-state index contributed by atoms with van der Waals surface area (Å²) < 4.78 is 21.2. The Morgan fingerprint density at radius 2 is 1.84 bits per heavy atom. The summed E-state index contributed by atoms with van der Waals surface area (Å²) in [5.74, 6) is 0. The van der Waals surface area contributed by atoms with Crippen LogP contribution in [0, 0.1) is 0 Å². The molecule has 1 unspecified atom stereocenters. The third-order valence-electron chi connectivity index (χ3n) is 4.10. The number of nitrogen functional groups attached to an aromatic ring is 1. The molecule has 0 fully saturated rings. The molecule has 0 saturated heterocycles. The van der Waals surface area contributed by atoms with E-state index in [0.29, 0.717) is 16.3 Å². The summed E-state index contributed by atoms with van der Waals surface area (Å²) in [6.45, 7) is 9.47. The molecule has 0 bridgehead atoms. The molecular formula is C23H28N4O3S2. The number of benzene rings is 2. The van der Waals surface area contributed by atoms with Gasteiger partial charge in [-0.3, -0.25) is 5.32 Å². The standard InChI is InChI=1S/C23H28N4O3S2/c1-14(2)30-22(28)26-17-9-6-15(7-10-17)21-25-13-19(31-21)18-11-8-16(24)12-20(18)32(29)27-23(3,4)5/h6-14,27H,24H2,1-5H3,(H,26,28). The van der Waals surface area contributed by atoms with Gasteiger partial charge in [-0.25, -0.2) is 18.7 Å². The molecule has 3 rings (SSSR count). The SMILES string of the molecule is CC(C)OC(=O)Nc1ccc(-c2ncc(-c3ccc(N)cc3S(=O)NC(C)(C)C)s2)cc1. The Labute approximate surface area is 195 Å². The average molecular weight is 473 g/mol. The zero-order chi connectivity index (χ0) is 23.5. The topological polar surface area (TPSA) is 106 Å². The van der Waals surface area contributed by atoms with Crippen LogP contribution in [-0.2, 0) is 15.7 Å². The highest BCUT2D eigenvalue weighted by Crippen LogP contribution is 2.36. The number of hydrogen-bond donors (Lipinski definition) is 3. The molecule has 1 aromatic heterocycles. The predicted octanol–water partition coefficient (Wildman–Crippen LogP) is 5.43. The third-order valence-corrected chi connectivity index (χ3v) is 6.71. The van der Waals surface area contributed by atoms with Gasteiger partial charge in [-0.2, -0.15) is 0 Å². The van der Waals surface area contributed by atoms with E-state index in [-0.39, 0.29) is 11.6 Å². The van der Waals surface area contributed by atoms with Gasteiger partial charge in [-0.05, 0) is 71.0 Å². The lowest BCUT2D eigenvalue weighted by Gasteiger charge is -2.20.